The molecule has 3 nitrogen and oxygen atoms in total. The topological polar surface area (TPSA) is 29.5 Å². The lowest BCUT2D eigenvalue weighted by atomic mass is 9.95. The maximum atomic E-state index is 9.76. The van der Waals surface area contributed by atoms with E-state index < -0.39 is 0 Å². The highest BCUT2D eigenvalue weighted by Crippen LogP contribution is 2.45. The van der Waals surface area contributed by atoms with Gasteiger partial charge in [-0.2, -0.15) is 0 Å². The Morgan fingerprint density at radius 1 is 0.356 bits per heavy atom. The van der Waals surface area contributed by atoms with Gasteiger partial charge in [-0.3, -0.25) is 0 Å². The van der Waals surface area contributed by atoms with E-state index in [0.717, 1.165) is 60.2 Å². The molecule has 12 aromatic rings. The van der Waals surface area contributed by atoms with E-state index in [9.17, 15) is 5.48 Å². The highest BCUT2D eigenvalue weighted by atomic mass is 16.3. The molecule has 10 aromatic carbocycles. The number of nitrogens with zero attached hydrogens (tertiary/aromatic N) is 1. The molecular weight excluding hydrogens is 719 g/mol. The number of hydrogen-bond acceptors (Lipinski definition) is 3. The lowest BCUT2D eigenvalue weighted by Gasteiger charge is -2.26. The van der Waals surface area contributed by atoms with E-state index in [1.165, 1.54) is 10.8 Å². The highest BCUT2D eigenvalue weighted by molar-refractivity contribution is 6.19. The van der Waals surface area contributed by atoms with Crippen molar-refractivity contribution in [1.82, 2.24) is 0 Å². The fraction of sp³-hybridized carbons (Fsp3) is 0. The Hall–Kier alpha value is -7.88. The molecule has 276 valence electrons. The van der Waals surface area contributed by atoms with Crippen molar-refractivity contribution in [2.24, 2.45) is 0 Å². The summed E-state index contributed by atoms with van der Waals surface area (Å²) in [6, 6.07) is 62.2. The maximum absolute atomic E-state index is 9.76. The quantitative estimate of drug-likeness (QED) is 0.169. The molecular formula is C56H35NO2. The minimum atomic E-state index is -0.179. The summed E-state index contributed by atoms with van der Waals surface area (Å²) in [5.41, 5.74) is 9.05. The van der Waals surface area contributed by atoms with E-state index in [-0.39, 0.29) is 35.4 Å². The molecule has 0 saturated carbocycles. The zero-order valence-corrected chi connectivity index (χ0v) is 31.7. The Bertz CT molecular complexity index is 3780. The molecule has 0 radical (unpaired) electrons. The van der Waals surface area contributed by atoms with Crippen molar-refractivity contribution < 1.29 is 14.3 Å². The molecule has 59 heavy (non-hydrogen) atoms. The van der Waals surface area contributed by atoms with Crippen molar-refractivity contribution in [3.8, 4) is 33.4 Å². The van der Waals surface area contributed by atoms with Gasteiger partial charge in [0, 0.05) is 38.5 Å². The van der Waals surface area contributed by atoms with E-state index in [4.69, 9.17) is 8.83 Å². The second kappa shape index (κ2) is 13.4. The Balaban J connectivity index is 1.06. The highest BCUT2D eigenvalue weighted by Gasteiger charge is 2.21. The number of para-hydroxylation sites is 2. The summed E-state index contributed by atoms with van der Waals surface area (Å²) >= 11 is 0. The van der Waals surface area contributed by atoms with E-state index in [0.29, 0.717) is 33.7 Å². The molecule has 0 aliphatic rings. The van der Waals surface area contributed by atoms with E-state index in [1.807, 2.05) is 89.8 Å². The molecule has 0 aliphatic heterocycles. The molecule has 0 amide bonds. The average Bonchev–Trinajstić information content (AvgIpc) is 3.92. The molecule has 0 N–H and O–H groups in total. The van der Waals surface area contributed by atoms with Crippen molar-refractivity contribution in [1.29, 1.82) is 0 Å². The molecule has 0 unspecified atom stereocenters. The van der Waals surface area contributed by atoms with Gasteiger partial charge in [0.05, 0.1) is 16.6 Å². The van der Waals surface area contributed by atoms with E-state index in [2.05, 4.69) is 103 Å². The fourth-order valence-corrected chi connectivity index (χ4v) is 8.75. The van der Waals surface area contributed by atoms with Crippen LogP contribution < -0.4 is 4.90 Å². The van der Waals surface area contributed by atoms with Crippen LogP contribution in [-0.4, -0.2) is 0 Å². The Kier molecular flexibility index (Phi) is 6.65. The molecule has 0 atom stereocenters. The predicted octanol–water partition coefficient (Wildman–Crippen LogP) is 16.3. The molecule has 3 heteroatoms. The normalized spacial score (nSPS) is 12.7. The van der Waals surface area contributed by atoms with Gasteiger partial charge in [0.25, 0.3) is 0 Å². The Labute approximate surface area is 346 Å². The molecule has 0 bridgehead atoms. The largest absolute Gasteiger partial charge is 0.455 e. The first-order valence-corrected chi connectivity index (χ1v) is 19.8. The molecule has 0 fully saturated rings. The third-order valence-corrected chi connectivity index (χ3v) is 11.5. The Morgan fingerprint density at radius 3 is 1.85 bits per heavy atom. The van der Waals surface area contributed by atoms with Gasteiger partial charge in [0.2, 0.25) is 0 Å². The number of anilines is 3. The summed E-state index contributed by atoms with van der Waals surface area (Å²) in [6.07, 6.45) is 0. The smallest absolute Gasteiger partial charge is 0.143 e. The number of rotatable bonds is 6. The van der Waals surface area contributed by atoms with Gasteiger partial charge < -0.3 is 13.7 Å². The SMILES string of the molecule is [2H]c1c([2H])c(N(c2ccc(-c3cccc(-c4cccc5ccccc45)c3)cc2)c2cccc3oc4c5ccccc5ccc4c23)c([2H])c([2H])c1-c1cccc2c1oc1ccccc12. The van der Waals surface area contributed by atoms with Crippen LogP contribution in [0, 0.1) is 0 Å². The molecule has 12 rings (SSSR count). The second-order valence-corrected chi connectivity index (χ2v) is 14.9. The van der Waals surface area contributed by atoms with Crippen molar-refractivity contribution in [3.63, 3.8) is 0 Å². The minimum Gasteiger partial charge on any atom is -0.455 e. The van der Waals surface area contributed by atoms with Crippen LogP contribution in [-0.2, 0) is 0 Å². The standard InChI is InChI=1S/C56H35NO2/c1-3-16-44-37(11-1)13-8-19-45(44)41-15-7-14-40(35-41)36-25-30-42(31-26-36)57(51-22-10-24-53-54(51)50-34-29-38-12-2-4-17-46(38)56(50)59-53)43-32-27-39(28-33-43)47-20-9-21-49-48-18-5-6-23-52(48)58-55(47)49/h1-35H/i27D,28D,32D,33D. The van der Waals surface area contributed by atoms with Crippen LogP contribution in [0.4, 0.5) is 17.1 Å². The van der Waals surface area contributed by atoms with Gasteiger partial charge in [-0.1, -0.05) is 158 Å². The first-order valence-electron chi connectivity index (χ1n) is 21.8. The first-order chi connectivity index (χ1) is 30.9. The van der Waals surface area contributed by atoms with Gasteiger partial charge in [-0.05, 0) is 98.5 Å². The fourth-order valence-electron chi connectivity index (χ4n) is 8.75. The number of fused-ring (bicyclic) bond motifs is 9. The average molecular weight is 758 g/mol. The van der Waals surface area contributed by atoms with Crippen LogP contribution in [0.5, 0.6) is 0 Å². The molecule has 0 saturated heterocycles. The van der Waals surface area contributed by atoms with Gasteiger partial charge in [0.15, 0.2) is 0 Å². The van der Waals surface area contributed by atoms with Crippen LogP contribution in [0.1, 0.15) is 5.48 Å². The molecule has 0 aliphatic carbocycles. The summed E-state index contributed by atoms with van der Waals surface area (Å²) in [7, 11) is 0. The zero-order chi connectivity index (χ0) is 42.3. The molecule has 0 spiro atoms. The number of furan rings is 2. The van der Waals surface area contributed by atoms with Crippen molar-refractivity contribution in [2.75, 3.05) is 4.90 Å². The lowest BCUT2D eigenvalue weighted by Crippen LogP contribution is -2.10. The van der Waals surface area contributed by atoms with Gasteiger partial charge >= 0.3 is 0 Å². The maximum Gasteiger partial charge on any atom is 0.143 e. The summed E-state index contributed by atoms with van der Waals surface area (Å²) < 4.78 is 51.7. The summed E-state index contributed by atoms with van der Waals surface area (Å²) in [4.78, 5) is 1.86. The second-order valence-electron chi connectivity index (χ2n) is 14.9. The number of benzene rings is 10. The van der Waals surface area contributed by atoms with Crippen LogP contribution in [0.3, 0.4) is 0 Å². The Morgan fingerprint density at radius 2 is 0.983 bits per heavy atom. The third-order valence-electron chi connectivity index (χ3n) is 11.5. The van der Waals surface area contributed by atoms with Crippen LogP contribution in [0.15, 0.2) is 221 Å². The monoisotopic (exact) mass is 757 g/mol. The predicted molar refractivity (Wildman–Crippen MR) is 247 cm³/mol. The first kappa shape index (κ1) is 29.4. The van der Waals surface area contributed by atoms with E-state index in [1.54, 1.807) is 0 Å². The van der Waals surface area contributed by atoms with Crippen LogP contribution in [0.25, 0.3) is 98.8 Å². The van der Waals surface area contributed by atoms with Crippen molar-refractivity contribution in [2.45, 2.75) is 0 Å². The zero-order valence-electron chi connectivity index (χ0n) is 35.7. The van der Waals surface area contributed by atoms with Gasteiger partial charge in [0.1, 0.15) is 22.3 Å². The van der Waals surface area contributed by atoms with Crippen LogP contribution >= 0.6 is 0 Å². The lowest BCUT2D eigenvalue weighted by molar-refractivity contribution is 0.670. The van der Waals surface area contributed by atoms with Crippen molar-refractivity contribution in [3.05, 3.63) is 212 Å². The summed E-state index contributed by atoms with van der Waals surface area (Å²) in [5.74, 6) is 0. The van der Waals surface area contributed by atoms with Gasteiger partial charge in [-0.25, -0.2) is 0 Å². The molecule has 2 aromatic heterocycles. The summed E-state index contributed by atoms with van der Waals surface area (Å²) in [6.45, 7) is 0. The third kappa shape index (κ3) is 5.44. The minimum absolute atomic E-state index is 0.124. The molecule has 2 heterocycles. The van der Waals surface area contributed by atoms with Crippen molar-refractivity contribution >= 4 is 82.5 Å². The van der Waals surface area contributed by atoms with Gasteiger partial charge in [-0.15, -0.1) is 0 Å². The summed E-state index contributed by atoms with van der Waals surface area (Å²) in [5, 5.41) is 7.87. The number of hydrogen-bond donors (Lipinski definition) is 0. The van der Waals surface area contributed by atoms with E-state index >= 15 is 0 Å². The van der Waals surface area contributed by atoms with Crippen LogP contribution in [0.2, 0.25) is 0 Å².